The van der Waals surface area contributed by atoms with Gasteiger partial charge in [-0.25, -0.2) is 0 Å². The summed E-state index contributed by atoms with van der Waals surface area (Å²) in [6.07, 6.45) is -3.21. The first-order valence-electron chi connectivity index (χ1n) is 7.09. The van der Waals surface area contributed by atoms with Crippen molar-refractivity contribution in [2.45, 2.75) is 26.1 Å². The van der Waals surface area contributed by atoms with Crippen molar-refractivity contribution in [1.82, 2.24) is 10.2 Å². The molecule has 1 fully saturated rings. The van der Waals surface area contributed by atoms with Gasteiger partial charge in [-0.3, -0.25) is 4.90 Å². The topological polar surface area (TPSA) is 15.3 Å². The largest absolute Gasteiger partial charge is 0.416 e. The number of hydrogen-bond acceptors (Lipinski definition) is 2. The van der Waals surface area contributed by atoms with Crippen LogP contribution in [0.4, 0.5) is 13.2 Å². The van der Waals surface area contributed by atoms with Crippen LogP contribution in [0.25, 0.3) is 0 Å². The Kier molecular flexibility index (Phi) is 5.05. The zero-order valence-corrected chi connectivity index (χ0v) is 11.7. The molecule has 1 atom stereocenters. The summed E-state index contributed by atoms with van der Waals surface area (Å²) in [5.41, 5.74) is -0.126. The lowest BCUT2D eigenvalue weighted by molar-refractivity contribution is -0.138. The molecule has 112 valence electrons. The molecule has 2 nitrogen and oxygen atoms in total. The van der Waals surface area contributed by atoms with Crippen molar-refractivity contribution in [1.29, 1.82) is 0 Å². The molecule has 0 radical (unpaired) electrons. The molecule has 1 unspecified atom stereocenters. The van der Waals surface area contributed by atoms with Gasteiger partial charge in [0.05, 0.1) is 5.56 Å². The summed E-state index contributed by atoms with van der Waals surface area (Å²) in [6, 6.07) is 5.88. The minimum atomic E-state index is -4.26. The molecule has 0 saturated carbocycles. The van der Waals surface area contributed by atoms with E-state index >= 15 is 0 Å². The van der Waals surface area contributed by atoms with Gasteiger partial charge in [0.15, 0.2) is 0 Å². The molecule has 5 heteroatoms. The van der Waals surface area contributed by atoms with Gasteiger partial charge in [0.25, 0.3) is 0 Å². The van der Waals surface area contributed by atoms with Gasteiger partial charge in [0.2, 0.25) is 0 Å². The van der Waals surface area contributed by atoms with Crippen molar-refractivity contribution < 1.29 is 13.2 Å². The summed E-state index contributed by atoms with van der Waals surface area (Å²) < 4.78 is 38.8. The number of nitrogens with zero attached hydrogens (tertiary/aromatic N) is 1. The molecule has 1 aliphatic rings. The van der Waals surface area contributed by atoms with Crippen LogP contribution in [0.2, 0.25) is 0 Å². The zero-order valence-electron chi connectivity index (χ0n) is 11.7. The van der Waals surface area contributed by atoms with Crippen LogP contribution < -0.4 is 5.32 Å². The molecule has 0 aliphatic carbocycles. The molecule has 0 spiro atoms. The first-order valence-corrected chi connectivity index (χ1v) is 7.09. The zero-order chi connectivity index (χ0) is 14.6. The molecule has 20 heavy (non-hydrogen) atoms. The van der Waals surface area contributed by atoms with Crippen molar-refractivity contribution in [3.8, 4) is 0 Å². The fourth-order valence-electron chi connectivity index (χ4n) is 2.75. The first kappa shape index (κ1) is 15.3. The van der Waals surface area contributed by atoms with Gasteiger partial charge in [0, 0.05) is 13.1 Å². The highest BCUT2D eigenvalue weighted by atomic mass is 19.4. The van der Waals surface area contributed by atoms with E-state index in [1.807, 2.05) is 0 Å². The van der Waals surface area contributed by atoms with E-state index in [2.05, 4.69) is 17.1 Å². The molecule has 1 heterocycles. The van der Waals surface area contributed by atoms with Crippen molar-refractivity contribution >= 4 is 0 Å². The Hall–Kier alpha value is -1.07. The van der Waals surface area contributed by atoms with E-state index in [4.69, 9.17) is 0 Å². The van der Waals surface area contributed by atoms with E-state index in [9.17, 15) is 13.2 Å². The Morgan fingerprint density at radius 1 is 1.30 bits per heavy atom. The summed E-state index contributed by atoms with van der Waals surface area (Å²) in [6.45, 7) is 6.09. The Morgan fingerprint density at radius 2 is 2.05 bits per heavy atom. The molecular weight excluding hydrogens is 265 g/mol. The normalized spacial score (nSPS) is 20.5. The van der Waals surface area contributed by atoms with Crippen molar-refractivity contribution in [3.63, 3.8) is 0 Å². The Bertz CT molecular complexity index is 431. The molecule has 2 rings (SSSR count). The second-order valence-electron chi connectivity index (χ2n) is 5.35. The van der Waals surface area contributed by atoms with Gasteiger partial charge in [-0.15, -0.1) is 0 Å². The average Bonchev–Trinajstić information content (AvgIpc) is 2.83. The third-order valence-electron chi connectivity index (χ3n) is 3.77. The molecule has 0 bridgehead atoms. The summed E-state index contributed by atoms with van der Waals surface area (Å²) in [5.74, 6) is 0.549. The fourth-order valence-corrected chi connectivity index (χ4v) is 2.75. The van der Waals surface area contributed by atoms with E-state index in [0.717, 1.165) is 32.6 Å². The lowest BCUT2D eigenvalue weighted by atomic mass is 10.1. The number of rotatable bonds is 5. The highest BCUT2D eigenvalue weighted by Gasteiger charge is 2.33. The number of halogens is 3. The van der Waals surface area contributed by atoms with Gasteiger partial charge in [-0.05, 0) is 43.6 Å². The second-order valence-corrected chi connectivity index (χ2v) is 5.35. The van der Waals surface area contributed by atoms with Crippen LogP contribution in [0.15, 0.2) is 24.3 Å². The lowest BCUT2D eigenvalue weighted by Gasteiger charge is -2.19. The number of likely N-dealkylation sites (tertiary alicyclic amines) is 1. The molecular formula is C15H21F3N2. The summed E-state index contributed by atoms with van der Waals surface area (Å²) in [7, 11) is 0. The summed E-state index contributed by atoms with van der Waals surface area (Å²) in [5, 5.41) is 3.30. The van der Waals surface area contributed by atoms with Crippen molar-refractivity contribution in [2.24, 2.45) is 5.92 Å². The fraction of sp³-hybridized carbons (Fsp3) is 0.600. The maximum atomic E-state index is 12.9. The molecule has 0 aromatic heterocycles. The van der Waals surface area contributed by atoms with Gasteiger partial charge in [0.1, 0.15) is 0 Å². The van der Waals surface area contributed by atoms with Crippen molar-refractivity contribution in [3.05, 3.63) is 35.4 Å². The molecule has 1 saturated heterocycles. The van der Waals surface area contributed by atoms with Crippen LogP contribution >= 0.6 is 0 Å². The highest BCUT2D eigenvalue weighted by molar-refractivity contribution is 5.29. The van der Waals surface area contributed by atoms with Crippen LogP contribution in [0.1, 0.15) is 24.5 Å². The number of nitrogens with one attached hydrogen (secondary N) is 1. The van der Waals surface area contributed by atoms with Gasteiger partial charge in [-0.2, -0.15) is 13.2 Å². The van der Waals surface area contributed by atoms with Gasteiger partial charge >= 0.3 is 6.18 Å². The number of hydrogen-bond donors (Lipinski definition) is 1. The van der Waals surface area contributed by atoms with Crippen molar-refractivity contribution in [2.75, 3.05) is 26.2 Å². The Labute approximate surface area is 118 Å². The van der Waals surface area contributed by atoms with Gasteiger partial charge < -0.3 is 5.32 Å². The molecule has 1 aromatic carbocycles. The first-order chi connectivity index (χ1) is 9.50. The number of benzene rings is 1. The maximum absolute atomic E-state index is 12.9. The van der Waals surface area contributed by atoms with E-state index < -0.39 is 11.7 Å². The van der Waals surface area contributed by atoms with Crippen LogP contribution in [0, 0.1) is 5.92 Å². The summed E-state index contributed by atoms with van der Waals surface area (Å²) >= 11 is 0. The maximum Gasteiger partial charge on any atom is 0.416 e. The second kappa shape index (κ2) is 6.59. The molecule has 1 aliphatic heterocycles. The molecule has 1 aromatic rings. The van der Waals surface area contributed by atoms with Crippen LogP contribution in [0.5, 0.6) is 0 Å². The van der Waals surface area contributed by atoms with E-state index in [1.165, 1.54) is 12.1 Å². The van der Waals surface area contributed by atoms with Crippen LogP contribution in [-0.4, -0.2) is 31.1 Å². The third kappa shape index (κ3) is 3.96. The molecule has 1 N–H and O–H groups in total. The Balaban J connectivity index is 1.98. The highest BCUT2D eigenvalue weighted by Crippen LogP contribution is 2.33. The minimum absolute atomic E-state index is 0.379. The van der Waals surface area contributed by atoms with E-state index in [0.29, 0.717) is 18.0 Å². The predicted molar refractivity (Wildman–Crippen MR) is 73.4 cm³/mol. The SMILES string of the molecule is CCNCC1CCN(Cc2ccccc2C(F)(F)F)C1. The summed E-state index contributed by atoms with van der Waals surface area (Å²) in [4.78, 5) is 2.12. The number of alkyl halides is 3. The quantitative estimate of drug-likeness (QED) is 0.894. The standard InChI is InChI=1S/C15H21F3N2/c1-2-19-9-12-7-8-20(10-12)11-13-5-3-4-6-14(13)15(16,17)18/h3-6,12,19H,2,7-11H2,1H3. The lowest BCUT2D eigenvalue weighted by Crippen LogP contribution is -2.26. The Morgan fingerprint density at radius 3 is 2.75 bits per heavy atom. The van der Waals surface area contributed by atoms with Gasteiger partial charge in [-0.1, -0.05) is 25.1 Å². The predicted octanol–water partition coefficient (Wildman–Crippen LogP) is 3.14. The monoisotopic (exact) mass is 286 g/mol. The minimum Gasteiger partial charge on any atom is -0.317 e. The van der Waals surface area contributed by atoms with Crippen LogP contribution in [-0.2, 0) is 12.7 Å². The average molecular weight is 286 g/mol. The molecule has 0 amide bonds. The third-order valence-corrected chi connectivity index (χ3v) is 3.77. The van der Waals surface area contributed by atoms with E-state index in [1.54, 1.807) is 12.1 Å². The van der Waals surface area contributed by atoms with Crippen LogP contribution in [0.3, 0.4) is 0 Å². The smallest absolute Gasteiger partial charge is 0.317 e. The van der Waals surface area contributed by atoms with E-state index in [-0.39, 0.29) is 0 Å².